The Kier molecular flexibility index (Phi) is 14.9. The summed E-state index contributed by atoms with van der Waals surface area (Å²) in [5.74, 6) is -3.49. The molecule has 4 amide bonds. The first-order chi connectivity index (χ1) is 22.5. The molecule has 0 heterocycles. The van der Waals surface area contributed by atoms with Crippen LogP contribution >= 0.6 is 0 Å². The lowest BCUT2D eigenvalue weighted by Crippen LogP contribution is -2.69. The molecular formula is C32H47B2N9O5. The molecule has 14 N–H and O–H groups in total. The number of carbonyl (C=O) groups is 4. The van der Waals surface area contributed by atoms with Crippen LogP contribution in [0.4, 0.5) is 0 Å². The summed E-state index contributed by atoms with van der Waals surface area (Å²) in [6, 6.07) is 9.44. The molecular weight excluding hydrogens is 612 g/mol. The Morgan fingerprint density at radius 3 is 2.10 bits per heavy atom. The average Bonchev–Trinajstić information content (AvgIpc) is 3.00. The van der Waals surface area contributed by atoms with Crippen molar-refractivity contribution in [3.63, 3.8) is 0 Å². The molecule has 16 heteroatoms. The first-order valence-corrected chi connectivity index (χ1v) is 15.7. The summed E-state index contributed by atoms with van der Waals surface area (Å²) in [6.07, 6.45) is 1.12. The van der Waals surface area contributed by atoms with Crippen LogP contribution in [0.3, 0.4) is 0 Å². The minimum absolute atomic E-state index is 0.0349. The van der Waals surface area contributed by atoms with Gasteiger partial charge >= 0.3 is 0 Å². The van der Waals surface area contributed by atoms with E-state index in [2.05, 4.69) is 20.9 Å². The molecule has 14 nitrogen and oxygen atoms in total. The van der Waals surface area contributed by atoms with Crippen molar-refractivity contribution >= 4 is 45.3 Å². The van der Waals surface area contributed by atoms with Gasteiger partial charge in [0.15, 0.2) is 5.96 Å². The number of primary amides is 1. The van der Waals surface area contributed by atoms with Gasteiger partial charge in [-0.3, -0.25) is 24.2 Å². The number of hydrogen-bond acceptors (Lipinski definition) is 8. The Morgan fingerprint density at radius 1 is 0.917 bits per heavy atom. The van der Waals surface area contributed by atoms with E-state index < -0.39 is 46.6 Å². The third kappa shape index (κ3) is 11.9. The van der Waals surface area contributed by atoms with E-state index in [1.165, 1.54) is 12.1 Å². The van der Waals surface area contributed by atoms with Crippen LogP contribution in [-0.4, -0.2) is 86.4 Å². The summed E-state index contributed by atoms with van der Waals surface area (Å²) in [5.41, 5.74) is 26.6. The minimum Gasteiger partial charge on any atom is -0.508 e. The Hall–Kier alpha value is -4.56. The molecule has 0 aliphatic rings. The molecule has 2 rings (SSSR count). The van der Waals surface area contributed by atoms with Gasteiger partial charge in [0.2, 0.25) is 23.6 Å². The highest BCUT2D eigenvalue weighted by atomic mass is 16.3. The van der Waals surface area contributed by atoms with Crippen LogP contribution in [0, 0.1) is 13.8 Å². The van der Waals surface area contributed by atoms with E-state index in [1.54, 1.807) is 44.2 Å². The van der Waals surface area contributed by atoms with Gasteiger partial charge in [-0.05, 0) is 86.9 Å². The fraction of sp³-hybridized carbons (Fsp3) is 0.469. The molecule has 256 valence electrons. The zero-order chi connectivity index (χ0) is 36.1. The average molecular weight is 659 g/mol. The van der Waals surface area contributed by atoms with Gasteiger partial charge < -0.3 is 49.7 Å². The molecule has 0 aliphatic heterocycles. The molecule has 0 saturated carbocycles. The van der Waals surface area contributed by atoms with Crippen LogP contribution in [0.15, 0.2) is 47.5 Å². The highest BCUT2D eigenvalue weighted by molar-refractivity contribution is 6.33. The van der Waals surface area contributed by atoms with Gasteiger partial charge in [-0.25, -0.2) is 0 Å². The number of amides is 4. The summed E-state index contributed by atoms with van der Waals surface area (Å²) in [5, 5.41) is 17.8. The van der Waals surface area contributed by atoms with Gasteiger partial charge in [-0.1, -0.05) is 36.8 Å². The van der Waals surface area contributed by atoms with Crippen molar-refractivity contribution in [2.24, 2.45) is 33.7 Å². The molecule has 48 heavy (non-hydrogen) atoms. The van der Waals surface area contributed by atoms with Crippen molar-refractivity contribution < 1.29 is 24.3 Å². The van der Waals surface area contributed by atoms with Gasteiger partial charge in [0.05, 0.1) is 16.9 Å². The Morgan fingerprint density at radius 2 is 1.54 bits per heavy atom. The fourth-order valence-corrected chi connectivity index (χ4v) is 5.15. The highest BCUT2D eigenvalue weighted by Gasteiger charge is 2.41. The fourth-order valence-electron chi connectivity index (χ4n) is 5.15. The van der Waals surface area contributed by atoms with E-state index in [1.807, 2.05) is 0 Å². The summed E-state index contributed by atoms with van der Waals surface area (Å²) in [7, 11) is 12.9. The van der Waals surface area contributed by atoms with Gasteiger partial charge in [-0.15, -0.1) is 0 Å². The Balaban J connectivity index is 2.42. The summed E-state index contributed by atoms with van der Waals surface area (Å²) in [6.45, 7) is 4.05. The maximum atomic E-state index is 14.0. The van der Waals surface area contributed by atoms with Crippen molar-refractivity contribution in [1.82, 2.24) is 16.0 Å². The van der Waals surface area contributed by atoms with Crippen LogP contribution in [0.1, 0.15) is 54.4 Å². The zero-order valence-corrected chi connectivity index (χ0v) is 27.6. The molecule has 0 fully saturated rings. The third-order valence-corrected chi connectivity index (χ3v) is 7.91. The first kappa shape index (κ1) is 39.6. The molecule has 4 atom stereocenters. The second-order valence-corrected chi connectivity index (χ2v) is 12.0. The number of benzene rings is 2. The van der Waals surface area contributed by atoms with E-state index in [4.69, 9.17) is 44.4 Å². The molecule has 0 saturated heterocycles. The maximum Gasteiger partial charge on any atom is 0.243 e. The number of unbranched alkanes of at least 4 members (excludes halogenated alkanes) is 1. The number of rotatable bonds is 19. The third-order valence-electron chi connectivity index (χ3n) is 7.91. The van der Waals surface area contributed by atoms with E-state index >= 15 is 0 Å². The number of guanidine groups is 1. The lowest BCUT2D eigenvalue weighted by molar-refractivity contribution is -0.135. The number of aryl methyl sites for hydroxylation is 2. The van der Waals surface area contributed by atoms with Crippen molar-refractivity contribution in [3.05, 3.63) is 64.7 Å². The number of carbonyl (C=O) groups excluding carboxylic acids is 4. The normalized spacial score (nSPS) is 14.8. The van der Waals surface area contributed by atoms with Crippen LogP contribution < -0.4 is 44.6 Å². The highest BCUT2D eigenvalue weighted by Crippen LogP contribution is 2.23. The predicted octanol–water partition coefficient (Wildman–Crippen LogP) is -1.76. The summed E-state index contributed by atoms with van der Waals surface area (Å²) >= 11 is 0. The topological polar surface area (TPSA) is 267 Å². The van der Waals surface area contributed by atoms with Gasteiger partial charge in [-0.2, -0.15) is 0 Å². The molecule has 2 aromatic carbocycles. The van der Waals surface area contributed by atoms with Crippen LogP contribution in [0.2, 0.25) is 0 Å². The number of phenolic OH excluding ortho intramolecular Hbond substituents is 1. The van der Waals surface area contributed by atoms with E-state index in [0.29, 0.717) is 48.1 Å². The molecule has 0 bridgehead atoms. The van der Waals surface area contributed by atoms with Gasteiger partial charge in [0.1, 0.15) is 27.5 Å². The number of nitrogens with one attached hydrogen (secondary N) is 3. The van der Waals surface area contributed by atoms with E-state index in [9.17, 15) is 24.3 Å². The van der Waals surface area contributed by atoms with Crippen LogP contribution in [0.25, 0.3) is 0 Å². The molecule has 0 aromatic heterocycles. The number of phenols is 1. The number of nitrogens with two attached hydrogens (primary N) is 5. The molecule has 0 aliphatic carbocycles. The lowest BCUT2D eigenvalue weighted by Gasteiger charge is -2.37. The Labute approximate surface area is 284 Å². The minimum atomic E-state index is -2.10. The van der Waals surface area contributed by atoms with Gasteiger partial charge in [0, 0.05) is 13.0 Å². The van der Waals surface area contributed by atoms with E-state index in [0.717, 1.165) is 0 Å². The molecule has 0 spiro atoms. The maximum absolute atomic E-state index is 14.0. The van der Waals surface area contributed by atoms with Crippen molar-refractivity contribution in [2.45, 2.75) is 81.8 Å². The number of aromatic hydroxyl groups is 1. The van der Waals surface area contributed by atoms with E-state index in [-0.39, 0.29) is 43.9 Å². The van der Waals surface area contributed by atoms with Crippen molar-refractivity contribution in [2.75, 3.05) is 13.1 Å². The second-order valence-electron chi connectivity index (χ2n) is 12.0. The second kappa shape index (κ2) is 18.1. The van der Waals surface area contributed by atoms with Crippen molar-refractivity contribution in [1.29, 1.82) is 0 Å². The molecule has 2 aromatic rings. The number of hydrogen-bond donors (Lipinski definition) is 9. The zero-order valence-electron chi connectivity index (χ0n) is 27.6. The Bertz CT molecular complexity index is 1440. The largest absolute Gasteiger partial charge is 0.508 e. The SMILES string of the molecule is [B][C@@](Cc1ccccc1)(NC(=O)[C@]([B])(CCCCN)NC(=O)[C@H](Cc1c(C)cc(O)cc1C)NC(=O)[C@H](N)CCCN=C(N)N)C(N)=O. The standard InChI is InChI=1S/C32H47B2N9O5/c1-19-15-22(44)16-20(2)23(19)17-25(41-26(45)24(36)11-8-14-40-30(38)39)27(46)42-31(33,12-6-7-13-35)29(48)43-32(34,28(37)47)18-21-9-4-3-5-10-21/h3-5,9-10,15-16,24-25,44H,6-8,11-14,17-18,35-36H2,1-2H3,(H2,37,47)(H,41,45)(H,42,46)(H,43,48)(H4,38,39,40)/t24-,25+,31+,32+/m1/s1. The quantitative estimate of drug-likeness (QED) is 0.0357. The molecule has 4 radical (unpaired) electrons. The lowest BCUT2D eigenvalue weighted by atomic mass is 9.68. The molecule has 0 unspecified atom stereocenters. The van der Waals surface area contributed by atoms with Crippen LogP contribution in [-0.2, 0) is 32.0 Å². The number of aliphatic imine (C=N–C) groups is 1. The summed E-state index contributed by atoms with van der Waals surface area (Å²) < 4.78 is 0. The summed E-state index contributed by atoms with van der Waals surface area (Å²) in [4.78, 5) is 57.4. The van der Waals surface area contributed by atoms with Gasteiger partial charge in [0.25, 0.3) is 0 Å². The predicted molar refractivity (Wildman–Crippen MR) is 187 cm³/mol. The van der Waals surface area contributed by atoms with Crippen LogP contribution in [0.5, 0.6) is 5.75 Å². The first-order valence-electron chi connectivity index (χ1n) is 15.7. The monoisotopic (exact) mass is 659 g/mol. The smallest absolute Gasteiger partial charge is 0.243 e. The van der Waals surface area contributed by atoms with Crippen molar-refractivity contribution in [3.8, 4) is 5.75 Å². The number of nitrogens with zero attached hydrogens (tertiary/aromatic N) is 1.